The summed E-state index contributed by atoms with van der Waals surface area (Å²) in [5, 5.41) is 39.2. The van der Waals surface area contributed by atoms with Crippen molar-refractivity contribution >= 4 is 0 Å². The number of hydrogen-bond donors (Lipinski definition) is 5. The summed E-state index contributed by atoms with van der Waals surface area (Å²) in [5.74, 6) is -2.28. The van der Waals surface area contributed by atoms with Gasteiger partial charge in [-0.3, -0.25) is 5.73 Å². The summed E-state index contributed by atoms with van der Waals surface area (Å²) < 4.78 is 57.1. The van der Waals surface area contributed by atoms with Gasteiger partial charge >= 0.3 is 0 Å². The van der Waals surface area contributed by atoms with Gasteiger partial charge in [0.25, 0.3) is 5.98 Å². The number of aliphatic hydroxyl groups is 4. The van der Waals surface area contributed by atoms with Crippen molar-refractivity contribution in [2.45, 2.75) is 81.9 Å². The number of rotatable bonds is 34. The smallest absolute Gasteiger partial charge is 0.263 e. The molecule has 0 saturated carbocycles. The van der Waals surface area contributed by atoms with Crippen LogP contribution < -0.4 is 5.73 Å². The molecule has 5 unspecified atom stereocenters. The zero-order valence-corrected chi connectivity index (χ0v) is 27.3. The Kier molecular flexibility index (Phi) is 27.3. The Morgan fingerprint density at radius 2 is 0.956 bits per heavy atom. The molecule has 0 aromatic carbocycles. The maximum atomic E-state index is 14.5. The molecule has 0 aliphatic rings. The van der Waals surface area contributed by atoms with Crippen LogP contribution in [0.15, 0.2) is 25.3 Å². The van der Waals surface area contributed by atoms with Gasteiger partial charge < -0.3 is 58.3 Å². The van der Waals surface area contributed by atoms with E-state index in [-0.39, 0.29) is 72.5 Å². The van der Waals surface area contributed by atoms with Crippen molar-refractivity contribution in [2.75, 3.05) is 92.5 Å². The molecule has 13 nitrogen and oxygen atoms in total. The van der Waals surface area contributed by atoms with Crippen LogP contribution in [0.25, 0.3) is 0 Å². The zero-order chi connectivity index (χ0) is 33.8. The molecule has 6 N–H and O–H groups in total. The molecule has 0 spiro atoms. The molecule has 0 heterocycles. The van der Waals surface area contributed by atoms with Crippen molar-refractivity contribution in [3.63, 3.8) is 0 Å². The predicted molar refractivity (Wildman–Crippen MR) is 166 cm³/mol. The molecule has 0 amide bonds. The number of aliphatic hydroxyl groups excluding tert-OH is 4. The van der Waals surface area contributed by atoms with Crippen LogP contribution in [0.3, 0.4) is 0 Å². The molecular weight excluding hydrogens is 597 g/mol. The minimum atomic E-state index is -2.28. The lowest BCUT2D eigenvalue weighted by Crippen LogP contribution is -2.38. The summed E-state index contributed by atoms with van der Waals surface area (Å²) in [6.07, 6.45) is 2.06. The number of hydrogen-bond acceptors (Lipinski definition) is 13. The fraction of sp³-hybridized carbons (Fsp3) is 0.871. The molecule has 5 atom stereocenters. The highest BCUT2D eigenvalue weighted by atomic mass is 19.2. The van der Waals surface area contributed by atoms with E-state index < -0.39 is 36.0 Å². The second-order valence-corrected chi connectivity index (χ2v) is 11.3. The van der Waals surface area contributed by atoms with Gasteiger partial charge in [-0.15, -0.1) is 13.2 Å². The SMILES string of the molecule is C=CCOCC(O)COCC(O)COCCCOC(N)(F)CCCOC(C)(C)CCCOCC(O)COCC(O)COCC=C. The largest absolute Gasteiger partial charge is 0.388 e. The summed E-state index contributed by atoms with van der Waals surface area (Å²) in [4.78, 5) is 0. The fourth-order valence-electron chi connectivity index (χ4n) is 3.70. The van der Waals surface area contributed by atoms with E-state index in [0.29, 0.717) is 52.1 Å². The van der Waals surface area contributed by atoms with Gasteiger partial charge in [-0.25, -0.2) is 0 Å². The van der Waals surface area contributed by atoms with Crippen molar-refractivity contribution in [2.24, 2.45) is 5.73 Å². The van der Waals surface area contributed by atoms with Crippen LogP contribution >= 0.6 is 0 Å². The first-order valence-electron chi connectivity index (χ1n) is 15.6. The molecule has 45 heavy (non-hydrogen) atoms. The van der Waals surface area contributed by atoms with E-state index in [0.717, 1.165) is 0 Å². The Bertz CT molecular complexity index is 703. The molecule has 0 fully saturated rings. The first-order chi connectivity index (χ1) is 21.4. The molecule has 0 aliphatic carbocycles. The maximum Gasteiger partial charge on any atom is 0.263 e. The number of ether oxygens (including phenoxy) is 8. The van der Waals surface area contributed by atoms with Crippen LogP contribution in [0, 0.1) is 0 Å². The molecule has 0 rings (SSSR count). The van der Waals surface area contributed by atoms with Gasteiger partial charge in [0.15, 0.2) is 0 Å². The Morgan fingerprint density at radius 3 is 1.42 bits per heavy atom. The normalized spacial score (nSPS) is 16.2. The summed E-state index contributed by atoms with van der Waals surface area (Å²) in [6.45, 7) is 13.2. The van der Waals surface area contributed by atoms with Gasteiger partial charge in [0, 0.05) is 26.2 Å². The predicted octanol–water partition coefficient (Wildman–Crippen LogP) is 1.25. The molecule has 0 radical (unpaired) electrons. The van der Waals surface area contributed by atoms with E-state index in [2.05, 4.69) is 13.2 Å². The third-order valence-electron chi connectivity index (χ3n) is 5.95. The van der Waals surface area contributed by atoms with Crippen LogP contribution in [0.5, 0.6) is 0 Å². The third kappa shape index (κ3) is 30.0. The molecular formula is C31H60FNO12. The van der Waals surface area contributed by atoms with Crippen molar-refractivity contribution in [1.29, 1.82) is 0 Å². The Hall–Kier alpha value is -1.11. The molecule has 268 valence electrons. The quantitative estimate of drug-likeness (QED) is 0.0289. The Morgan fingerprint density at radius 1 is 0.578 bits per heavy atom. The topological polar surface area (TPSA) is 181 Å². The van der Waals surface area contributed by atoms with E-state index in [1.54, 1.807) is 12.2 Å². The van der Waals surface area contributed by atoms with Gasteiger partial charge in [-0.2, -0.15) is 4.39 Å². The molecule has 0 saturated heterocycles. The van der Waals surface area contributed by atoms with Gasteiger partial charge in [-0.1, -0.05) is 12.2 Å². The molecule has 0 bridgehead atoms. The van der Waals surface area contributed by atoms with Gasteiger partial charge in [0.1, 0.15) is 24.4 Å². The number of halogens is 1. The van der Waals surface area contributed by atoms with E-state index in [1.165, 1.54) is 0 Å². The van der Waals surface area contributed by atoms with E-state index in [4.69, 9.17) is 43.6 Å². The molecule has 0 aromatic heterocycles. The third-order valence-corrected chi connectivity index (χ3v) is 5.95. The highest BCUT2D eigenvalue weighted by Gasteiger charge is 2.25. The van der Waals surface area contributed by atoms with Crippen LogP contribution in [-0.4, -0.2) is 149 Å². The fourth-order valence-corrected chi connectivity index (χ4v) is 3.70. The average Bonchev–Trinajstić information content (AvgIpc) is 2.97. The van der Waals surface area contributed by atoms with Crippen LogP contribution in [0.1, 0.15) is 46.0 Å². The van der Waals surface area contributed by atoms with Crippen LogP contribution in [-0.2, 0) is 37.9 Å². The summed E-state index contributed by atoms with van der Waals surface area (Å²) in [7, 11) is 0. The standard InChI is InChI=1S/C31H60FNO12/c1-5-12-38-18-26(34)22-42-24-28(36)20-40-14-7-10-30(3,4)44-16-8-11-31(32,33)45-17-9-15-41-21-29(37)25-43-23-27(35)19-39-13-6-2/h5-6,26-29,34-37H,1-2,7-25,33H2,3-4H3. The lowest BCUT2D eigenvalue weighted by molar-refractivity contribution is -0.153. The summed E-state index contributed by atoms with van der Waals surface area (Å²) >= 11 is 0. The highest BCUT2D eigenvalue weighted by Crippen LogP contribution is 2.19. The first kappa shape index (κ1) is 43.9. The van der Waals surface area contributed by atoms with E-state index in [1.807, 2.05) is 13.8 Å². The van der Waals surface area contributed by atoms with Crippen LogP contribution in [0.2, 0.25) is 0 Å². The van der Waals surface area contributed by atoms with Crippen molar-refractivity contribution in [1.82, 2.24) is 0 Å². The minimum Gasteiger partial charge on any atom is -0.388 e. The molecule has 0 aliphatic heterocycles. The van der Waals surface area contributed by atoms with Gasteiger partial charge in [0.05, 0.1) is 78.3 Å². The highest BCUT2D eigenvalue weighted by molar-refractivity contribution is 4.70. The van der Waals surface area contributed by atoms with Gasteiger partial charge in [0.2, 0.25) is 0 Å². The summed E-state index contributed by atoms with van der Waals surface area (Å²) in [5.41, 5.74) is 5.16. The number of nitrogens with two attached hydrogens (primary N) is 1. The zero-order valence-electron chi connectivity index (χ0n) is 27.3. The van der Waals surface area contributed by atoms with Crippen molar-refractivity contribution in [3.05, 3.63) is 25.3 Å². The van der Waals surface area contributed by atoms with E-state index >= 15 is 0 Å². The lowest BCUT2D eigenvalue weighted by Gasteiger charge is -2.26. The van der Waals surface area contributed by atoms with Gasteiger partial charge in [-0.05, 0) is 39.5 Å². The van der Waals surface area contributed by atoms with Crippen LogP contribution in [0.4, 0.5) is 4.39 Å². The number of alkyl halides is 1. The Labute approximate surface area is 268 Å². The van der Waals surface area contributed by atoms with Crippen molar-refractivity contribution in [3.8, 4) is 0 Å². The second-order valence-electron chi connectivity index (χ2n) is 11.3. The lowest BCUT2D eigenvalue weighted by atomic mass is 10.0. The molecule has 14 heteroatoms. The summed E-state index contributed by atoms with van der Waals surface area (Å²) in [6, 6.07) is 0. The minimum absolute atomic E-state index is 0.000353. The van der Waals surface area contributed by atoms with E-state index in [9.17, 15) is 24.8 Å². The molecule has 0 aromatic rings. The van der Waals surface area contributed by atoms with Crippen molar-refractivity contribution < 1.29 is 62.7 Å². The monoisotopic (exact) mass is 657 g/mol. The first-order valence-corrected chi connectivity index (χ1v) is 15.6. The average molecular weight is 658 g/mol. The second kappa shape index (κ2) is 28.0. The Balaban J connectivity index is 3.77. The maximum absolute atomic E-state index is 14.5.